The maximum absolute atomic E-state index is 13.2. The van der Waals surface area contributed by atoms with Crippen LogP contribution in [0.5, 0.6) is 0 Å². The minimum atomic E-state index is -0.252. The second-order valence-electron chi connectivity index (χ2n) is 5.00. The molecule has 2 N–H and O–H groups in total. The zero-order valence-corrected chi connectivity index (χ0v) is 14.6. The highest BCUT2D eigenvalue weighted by Gasteiger charge is 2.17. The van der Waals surface area contributed by atoms with Gasteiger partial charge < -0.3 is 10.6 Å². The fourth-order valence-electron chi connectivity index (χ4n) is 2.21. The number of nitrogens with zero attached hydrogens (tertiary/aromatic N) is 2. The van der Waals surface area contributed by atoms with Gasteiger partial charge in [-0.2, -0.15) is 0 Å². The number of thiazole rings is 1. The molecule has 0 spiro atoms. The monoisotopic (exact) mass is 357 g/mol. The van der Waals surface area contributed by atoms with E-state index in [0.29, 0.717) is 31.7 Å². The first-order chi connectivity index (χ1) is 10.6. The normalized spacial score (nSPS) is 10.2. The first-order valence-corrected chi connectivity index (χ1v) is 8.20. The van der Waals surface area contributed by atoms with Gasteiger partial charge in [-0.3, -0.25) is 4.79 Å². The molecule has 1 heterocycles. The number of hydrogen-bond acceptors (Lipinski definition) is 4. The Labute approximate surface area is 145 Å². The summed E-state index contributed by atoms with van der Waals surface area (Å²) in [5, 5.41) is 2.50. The standard InChI is InChI=1S/C16H20FN3OS.ClH/c1-2-7-20(8-6-12-4-3-5-13(17)9-12)16(21)14-11-22-15(10-18)19-14;/h3-5,9,11H,2,6-8,10,18H2,1H3;1H. The van der Waals surface area contributed by atoms with Crippen molar-refractivity contribution in [2.75, 3.05) is 13.1 Å². The third kappa shape index (κ3) is 5.57. The Balaban J connectivity index is 0.00000264. The van der Waals surface area contributed by atoms with Crippen LogP contribution in [0.4, 0.5) is 4.39 Å². The molecule has 0 unspecified atom stereocenters. The Hall–Kier alpha value is -1.50. The van der Waals surface area contributed by atoms with E-state index in [1.165, 1.54) is 23.5 Å². The van der Waals surface area contributed by atoms with Crippen molar-refractivity contribution in [2.45, 2.75) is 26.3 Å². The van der Waals surface area contributed by atoms with Gasteiger partial charge in [-0.05, 0) is 30.5 Å². The average molecular weight is 358 g/mol. The van der Waals surface area contributed by atoms with Crippen molar-refractivity contribution in [3.63, 3.8) is 0 Å². The van der Waals surface area contributed by atoms with Gasteiger partial charge in [0.2, 0.25) is 0 Å². The molecule has 126 valence electrons. The Kier molecular flexibility index (Phi) is 8.16. The minimum absolute atomic E-state index is 0. The van der Waals surface area contributed by atoms with Gasteiger partial charge in [0, 0.05) is 25.0 Å². The van der Waals surface area contributed by atoms with Crippen LogP contribution in [0.1, 0.15) is 34.4 Å². The number of carbonyl (C=O) groups excluding carboxylic acids is 1. The fourth-order valence-corrected chi connectivity index (χ4v) is 2.85. The molecular formula is C16H21ClFN3OS. The lowest BCUT2D eigenvalue weighted by Crippen LogP contribution is -2.34. The van der Waals surface area contributed by atoms with E-state index >= 15 is 0 Å². The van der Waals surface area contributed by atoms with E-state index in [1.807, 2.05) is 13.0 Å². The van der Waals surface area contributed by atoms with Crippen LogP contribution in [0.2, 0.25) is 0 Å². The zero-order valence-electron chi connectivity index (χ0n) is 13.0. The van der Waals surface area contributed by atoms with E-state index in [2.05, 4.69) is 4.98 Å². The number of rotatable bonds is 7. The van der Waals surface area contributed by atoms with Crippen molar-refractivity contribution in [3.05, 3.63) is 51.7 Å². The van der Waals surface area contributed by atoms with Crippen LogP contribution in [0.15, 0.2) is 29.6 Å². The van der Waals surface area contributed by atoms with Crippen molar-refractivity contribution in [1.29, 1.82) is 0 Å². The number of halogens is 2. The summed E-state index contributed by atoms with van der Waals surface area (Å²) < 4.78 is 13.2. The van der Waals surface area contributed by atoms with Crippen LogP contribution in [-0.4, -0.2) is 28.9 Å². The van der Waals surface area contributed by atoms with E-state index in [9.17, 15) is 9.18 Å². The van der Waals surface area contributed by atoms with Crippen LogP contribution in [-0.2, 0) is 13.0 Å². The molecule has 0 aliphatic heterocycles. The topological polar surface area (TPSA) is 59.2 Å². The van der Waals surface area contributed by atoms with E-state index in [0.717, 1.165) is 17.0 Å². The summed E-state index contributed by atoms with van der Waals surface area (Å²) in [6.45, 7) is 3.57. The lowest BCUT2D eigenvalue weighted by atomic mass is 10.1. The molecule has 2 aromatic rings. The van der Waals surface area contributed by atoms with Crippen molar-refractivity contribution >= 4 is 29.7 Å². The molecule has 23 heavy (non-hydrogen) atoms. The summed E-state index contributed by atoms with van der Waals surface area (Å²) in [6.07, 6.45) is 1.49. The van der Waals surface area contributed by atoms with Gasteiger partial charge in [0.15, 0.2) is 0 Å². The number of nitrogens with two attached hydrogens (primary N) is 1. The molecule has 0 atom stereocenters. The third-order valence-electron chi connectivity index (χ3n) is 3.29. The Morgan fingerprint density at radius 1 is 1.39 bits per heavy atom. The number of aromatic nitrogens is 1. The molecule has 0 saturated heterocycles. The molecule has 4 nitrogen and oxygen atoms in total. The molecule has 0 aliphatic carbocycles. The summed E-state index contributed by atoms with van der Waals surface area (Å²) in [5.74, 6) is -0.341. The van der Waals surface area contributed by atoms with E-state index in [1.54, 1.807) is 16.3 Å². The number of benzene rings is 1. The second kappa shape index (κ2) is 9.60. The van der Waals surface area contributed by atoms with E-state index in [4.69, 9.17) is 5.73 Å². The molecule has 1 amide bonds. The van der Waals surface area contributed by atoms with Crippen LogP contribution in [0, 0.1) is 5.82 Å². The van der Waals surface area contributed by atoms with Gasteiger partial charge in [0.05, 0.1) is 0 Å². The molecule has 0 aliphatic rings. The molecule has 0 bridgehead atoms. The molecular weight excluding hydrogens is 337 g/mol. The minimum Gasteiger partial charge on any atom is -0.337 e. The second-order valence-corrected chi connectivity index (χ2v) is 5.95. The Morgan fingerprint density at radius 3 is 2.78 bits per heavy atom. The highest BCUT2D eigenvalue weighted by Crippen LogP contribution is 2.13. The lowest BCUT2D eigenvalue weighted by Gasteiger charge is -2.21. The Morgan fingerprint density at radius 2 is 2.17 bits per heavy atom. The van der Waals surface area contributed by atoms with Gasteiger partial charge in [0.1, 0.15) is 16.5 Å². The molecule has 2 rings (SSSR count). The molecule has 0 saturated carbocycles. The molecule has 1 aromatic carbocycles. The van der Waals surface area contributed by atoms with Gasteiger partial charge in [-0.1, -0.05) is 19.1 Å². The smallest absolute Gasteiger partial charge is 0.273 e. The molecule has 1 aromatic heterocycles. The maximum Gasteiger partial charge on any atom is 0.273 e. The van der Waals surface area contributed by atoms with Crippen LogP contribution in [0.25, 0.3) is 0 Å². The van der Waals surface area contributed by atoms with Gasteiger partial charge in [-0.15, -0.1) is 23.7 Å². The molecule has 0 fully saturated rings. The SMILES string of the molecule is CCCN(CCc1cccc(F)c1)C(=O)c1csc(CN)n1.Cl. The zero-order chi connectivity index (χ0) is 15.9. The number of carbonyl (C=O) groups is 1. The predicted octanol–water partition coefficient (Wildman–Crippen LogP) is 3.26. The fraction of sp³-hybridized carbons (Fsp3) is 0.375. The predicted molar refractivity (Wildman–Crippen MR) is 93.6 cm³/mol. The van der Waals surface area contributed by atoms with Crippen molar-refractivity contribution in [3.8, 4) is 0 Å². The van der Waals surface area contributed by atoms with Gasteiger partial charge in [-0.25, -0.2) is 9.37 Å². The van der Waals surface area contributed by atoms with Crippen molar-refractivity contribution in [2.24, 2.45) is 5.73 Å². The summed E-state index contributed by atoms with van der Waals surface area (Å²) in [7, 11) is 0. The summed E-state index contributed by atoms with van der Waals surface area (Å²) in [4.78, 5) is 18.5. The quantitative estimate of drug-likeness (QED) is 0.827. The largest absolute Gasteiger partial charge is 0.337 e. The van der Waals surface area contributed by atoms with Gasteiger partial charge >= 0.3 is 0 Å². The first kappa shape index (κ1) is 19.5. The van der Waals surface area contributed by atoms with Gasteiger partial charge in [0.25, 0.3) is 5.91 Å². The maximum atomic E-state index is 13.2. The highest BCUT2D eigenvalue weighted by molar-refractivity contribution is 7.09. The number of hydrogen-bond donors (Lipinski definition) is 1. The summed E-state index contributed by atoms with van der Waals surface area (Å²) >= 11 is 1.40. The van der Waals surface area contributed by atoms with E-state index < -0.39 is 0 Å². The Bertz CT molecular complexity index is 635. The number of amides is 1. The van der Waals surface area contributed by atoms with Crippen LogP contribution >= 0.6 is 23.7 Å². The van der Waals surface area contributed by atoms with Crippen molar-refractivity contribution in [1.82, 2.24) is 9.88 Å². The van der Waals surface area contributed by atoms with Crippen molar-refractivity contribution < 1.29 is 9.18 Å². The van der Waals surface area contributed by atoms with E-state index in [-0.39, 0.29) is 24.1 Å². The third-order valence-corrected chi connectivity index (χ3v) is 4.16. The molecule has 0 radical (unpaired) electrons. The lowest BCUT2D eigenvalue weighted by molar-refractivity contribution is 0.0752. The van der Waals surface area contributed by atoms with Crippen LogP contribution in [0.3, 0.4) is 0 Å². The first-order valence-electron chi connectivity index (χ1n) is 7.32. The average Bonchev–Trinajstić information content (AvgIpc) is 3.00. The highest BCUT2D eigenvalue weighted by atomic mass is 35.5. The molecule has 7 heteroatoms. The summed E-state index contributed by atoms with van der Waals surface area (Å²) in [6, 6.07) is 6.48. The summed E-state index contributed by atoms with van der Waals surface area (Å²) in [5.41, 5.74) is 6.86. The van der Waals surface area contributed by atoms with Crippen LogP contribution < -0.4 is 5.73 Å².